The Morgan fingerprint density at radius 1 is 0.903 bits per heavy atom. The predicted octanol–water partition coefficient (Wildman–Crippen LogP) is 4.07. The molecule has 0 aromatic heterocycles. The summed E-state index contributed by atoms with van der Waals surface area (Å²) in [5.74, 6) is -0.659. The number of benzene rings is 3. The molecule has 1 aliphatic carbocycles. The summed E-state index contributed by atoms with van der Waals surface area (Å²) in [6.45, 7) is 0.656. The van der Waals surface area contributed by atoms with Gasteiger partial charge in [0, 0.05) is 12.0 Å². The number of hydrogen-bond acceptors (Lipinski definition) is 2. The lowest BCUT2D eigenvalue weighted by atomic mass is 9.88. The number of aliphatic hydroxyl groups is 1. The highest BCUT2D eigenvalue weighted by Crippen LogP contribution is 2.28. The number of aryl methyl sites for hydroxylation is 1. The van der Waals surface area contributed by atoms with Gasteiger partial charge in [-0.05, 0) is 53.8 Å². The molecule has 3 N–H and O–H groups in total. The largest absolute Gasteiger partial charge is 0.385 e. The average Bonchev–Trinajstić information content (AvgIpc) is 2.80. The van der Waals surface area contributed by atoms with Crippen LogP contribution < -0.4 is 5.32 Å². The molecule has 0 fully saturated rings. The number of nitrogens with two attached hydrogens (primary N) is 1. The number of ether oxygens (including phenoxy) is 1. The Kier molecular flexibility index (Phi) is 7.07. The van der Waals surface area contributed by atoms with Gasteiger partial charge in [-0.1, -0.05) is 48.5 Å². The summed E-state index contributed by atoms with van der Waals surface area (Å²) in [4.78, 5) is 0. The van der Waals surface area contributed by atoms with Crippen LogP contribution in [0.3, 0.4) is 0 Å². The van der Waals surface area contributed by atoms with Crippen molar-refractivity contribution in [2.75, 3.05) is 13.2 Å². The van der Waals surface area contributed by atoms with Crippen LogP contribution in [-0.4, -0.2) is 24.4 Å². The second kappa shape index (κ2) is 10.1. The third kappa shape index (κ3) is 5.56. The van der Waals surface area contributed by atoms with Gasteiger partial charge in [0.15, 0.2) is 0 Å². The van der Waals surface area contributed by atoms with E-state index in [1.54, 1.807) is 24.3 Å². The molecule has 3 nitrogen and oxygen atoms in total. The first kappa shape index (κ1) is 21.6. The summed E-state index contributed by atoms with van der Waals surface area (Å²) in [5, 5.41) is 12.8. The molecule has 4 rings (SSSR count). The van der Waals surface area contributed by atoms with E-state index in [-0.39, 0.29) is 18.2 Å². The Morgan fingerprint density at radius 2 is 1.52 bits per heavy atom. The first-order valence-electron chi connectivity index (χ1n) is 10.8. The van der Waals surface area contributed by atoms with E-state index in [0.717, 1.165) is 30.4 Å². The maximum Gasteiger partial charge on any atom is 0.126 e. The standard InChI is InChI=1S/C26H27F2NO2/c27-21-12-8-19(9-13-21)26(20-10-14-22(28)15-11-20)31-17-23(30)16-29-25-7-3-5-18-4-1-2-6-24(18)25/h1-2,4,6,8-15,23,25-26,29-30H,3,5,7,16-17H2/p+1/t23-,25+/m0/s1. The molecular weight excluding hydrogens is 396 g/mol. The molecule has 0 amide bonds. The van der Waals surface area contributed by atoms with Gasteiger partial charge >= 0.3 is 0 Å². The van der Waals surface area contributed by atoms with Crippen LogP contribution in [0.1, 0.15) is 47.2 Å². The minimum atomic E-state index is -0.655. The molecule has 0 bridgehead atoms. The second-order valence-electron chi connectivity index (χ2n) is 8.14. The molecular formula is C26H28F2NO2+. The van der Waals surface area contributed by atoms with Crippen molar-refractivity contribution in [1.29, 1.82) is 0 Å². The van der Waals surface area contributed by atoms with Crippen LogP contribution in [0.4, 0.5) is 8.78 Å². The smallest absolute Gasteiger partial charge is 0.126 e. The summed E-state index contributed by atoms with van der Waals surface area (Å²) in [6.07, 6.45) is 2.20. The highest BCUT2D eigenvalue weighted by molar-refractivity contribution is 5.31. The topological polar surface area (TPSA) is 46.1 Å². The lowest BCUT2D eigenvalue weighted by molar-refractivity contribution is -0.703. The Morgan fingerprint density at radius 3 is 2.16 bits per heavy atom. The molecule has 0 spiro atoms. The molecule has 3 aromatic carbocycles. The Hall–Kier alpha value is -2.60. The molecule has 2 atom stereocenters. The van der Waals surface area contributed by atoms with Crippen molar-refractivity contribution in [3.63, 3.8) is 0 Å². The Bertz CT molecular complexity index is 930. The molecule has 0 radical (unpaired) electrons. The maximum absolute atomic E-state index is 13.4. The molecule has 0 aliphatic heterocycles. The van der Waals surface area contributed by atoms with Crippen LogP contribution in [0.5, 0.6) is 0 Å². The van der Waals surface area contributed by atoms with Crippen molar-refractivity contribution in [3.05, 3.63) is 107 Å². The zero-order chi connectivity index (χ0) is 21.6. The summed E-state index contributed by atoms with van der Waals surface area (Å²) in [5.41, 5.74) is 4.27. The average molecular weight is 425 g/mol. The first-order valence-corrected chi connectivity index (χ1v) is 10.8. The van der Waals surface area contributed by atoms with Gasteiger partial charge in [-0.2, -0.15) is 0 Å². The summed E-state index contributed by atoms with van der Waals surface area (Å²) in [6, 6.07) is 21.0. The minimum absolute atomic E-state index is 0.129. The van der Waals surface area contributed by atoms with Crippen molar-refractivity contribution in [2.24, 2.45) is 0 Å². The Balaban J connectivity index is 1.39. The molecule has 0 saturated carbocycles. The molecule has 31 heavy (non-hydrogen) atoms. The molecule has 0 saturated heterocycles. The van der Waals surface area contributed by atoms with Crippen molar-refractivity contribution in [3.8, 4) is 0 Å². The van der Waals surface area contributed by atoms with E-state index in [0.29, 0.717) is 12.6 Å². The van der Waals surface area contributed by atoms with Crippen LogP contribution in [0.25, 0.3) is 0 Å². The first-order chi connectivity index (χ1) is 15.1. The molecule has 5 heteroatoms. The van der Waals surface area contributed by atoms with Crippen LogP contribution >= 0.6 is 0 Å². The van der Waals surface area contributed by atoms with Crippen molar-refractivity contribution in [1.82, 2.24) is 0 Å². The van der Waals surface area contributed by atoms with E-state index in [1.165, 1.54) is 35.4 Å². The molecule has 162 valence electrons. The van der Waals surface area contributed by atoms with Crippen molar-refractivity contribution < 1.29 is 23.9 Å². The van der Waals surface area contributed by atoms with Gasteiger partial charge in [0.1, 0.15) is 36.4 Å². The lowest BCUT2D eigenvalue weighted by Crippen LogP contribution is -2.87. The van der Waals surface area contributed by atoms with Crippen molar-refractivity contribution >= 4 is 0 Å². The highest BCUT2D eigenvalue weighted by Gasteiger charge is 2.24. The van der Waals surface area contributed by atoms with Gasteiger partial charge in [-0.25, -0.2) is 8.78 Å². The zero-order valence-electron chi connectivity index (χ0n) is 17.4. The van der Waals surface area contributed by atoms with Gasteiger partial charge < -0.3 is 15.2 Å². The third-order valence-electron chi connectivity index (χ3n) is 5.91. The molecule has 3 aromatic rings. The predicted molar refractivity (Wildman–Crippen MR) is 116 cm³/mol. The van der Waals surface area contributed by atoms with E-state index in [1.807, 2.05) is 0 Å². The maximum atomic E-state index is 13.4. The third-order valence-corrected chi connectivity index (χ3v) is 5.91. The van der Waals surface area contributed by atoms with Crippen LogP contribution in [0, 0.1) is 11.6 Å². The van der Waals surface area contributed by atoms with Gasteiger partial charge in [-0.15, -0.1) is 0 Å². The minimum Gasteiger partial charge on any atom is -0.385 e. The summed E-state index contributed by atoms with van der Waals surface area (Å²) >= 11 is 0. The summed E-state index contributed by atoms with van der Waals surface area (Å²) in [7, 11) is 0. The van der Waals surface area contributed by atoms with Crippen LogP contribution in [0.15, 0.2) is 72.8 Å². The van der Waals surface area contributed by atoms with Gasteiger partial charge in [-0.3, -0.25) is 0 Å². The van der Waals surface area contributed by atoms with Crippen LogP contribution in [-0.2, 0) is 11.2 Å². The monoisotopic (exact) mass is 424 g/mol. The highest BCUT2D eigenvalue weighted by atomic mass is 19.1. The molecule has 0 unspecified atom stereocenters. The summed E-state index contributed by atoms with van der Waals surface area (Å²) < 4.78 is 32.8. The molecule has 1 aliphatic rings. The lowest BCUT2D eigenvalue weighted by Gasteiger charge is -2.25. The van der Waals surface area contributed by atoms with E-state index in [9.17, 15) is 13.9 Å². The van der Waals surface area contributed by atoms with E-state index in [4.69, 9.17) is 4.74 Å². The van der Waals surface area contributed by atoms with Crippen molar-refractivity contribution in [2.45, 2.75) is 37.5 Å². The SMILES string of the molecule is O[C@@H](C[NH2+][C@@H]1CCCc2ccccc21)COC(c1ccc(F)cc1)c1ccc(F)cc1. The number of halogens is 2. The fourth-order valence-corrected chi connectivity index (χ4v) is 4.29. The number of rotatable bonds is 8. The fourth-order valence-electron chi connectivity index (χ4n) is 4.29. The van der Waals surface area contributed by atoms with E-state index >= 15 is 0 Å². The van der Waals surface area contributed by atoms with Gasteiger partial charge in [0.05, 0.1) is 6.61 Å². The Labute approximate surface area is 181 Å². The number of fused-ring (bicyclic) bond motifs is 1. The van der Waals surface area contributed by atoms with Gasteiger partial charge in [0.25, 0.3) is 0 Å². The normalized spacial score (nSPS) is 16.8. The van der Waals surface area contributed by atoms with E-state index < -0.39 is 12.2 Å². The number of aliphatic hydroxyl groups excluding tert-OH is 1. The number of hydrogen-bond donors (Lipinski definition) is 2. The molecule has 0 heterocycles. The zero-order valence-corrected chi connectivity index (χ0v) is 17.4. The van der Waals surface area contributed by atoms with E-state index in [2.05, 4.69) is 29.6 Å². The fraction of sp³-hybridized carbons (Fsp3) is 0.308. The van der Waals surface area contributed by atoms with Crippen LogP contribution in [0.2, 0.25) is 0 Å². The second-order valence-corrected chi connectivity index (χ2v) is 8.14. The van der Waals surface area contributed by atoms with Gasteiger partial charge in [0.2, 0.25) is 0 Å². The number of quaternary nitrogens is 1. The quantitative estimate of drug-likeness (QED) is 0.573.